The standard InChI is InChI=1S/C27H23NO5/c29-14-16-6-8-17(9-7-16)33-27(32)22(12-15-4-2-1-3-5-15)28-25(30)23-18-10-11-19(21-13-20(18)21)24(23)26(28)31/h1-11,14,18-24H,12-13H2/t18-,19-,20-,21-,22+,23-,24+/m1/s1. The van der Waals surface area contributed by atoms with Crippen molar-refractivity contribution in [3.63, 3.8) is 0 Å². The zero-order valence-corrected chi connectivity index (χ0v) is 17.9. The van der Waals surface area contributed by atoms with Crippen LogP contribution in [0.5, 0.6) is 5.75 Å². The van der Waals surface area contributed by atoms with E-state index in [0.29, 0.717) is 23.7 Å². The summed E-state index contributed by atoms with van der Waals surface area (Å²) in [6, 6.07) is 14.5. The number of carbonyl (C=O) groups excluding carboxylic acids is 4. The van der Waals surface area contributed by atoms with Crippen LogP contribution in [0.15, 0.2) is 66.7 Å². The number of nitrogens with zero attached hydrogens (tertiary/aromatic N) is 1. The van der Waals surface area contributed by atoms with Gasteiger partial charge in [-0.05, 0) is 59.9 Å². The number of hydrogen-bond donors (Lipinski definition) is 0. The Bertz CT molecular complexity index is 1130. The summed E-state index contributed by atoms with van der Waals surface area (Å²) in [7, 11) is 0. The molecule has 1 heterocycles. The van der Waals surface area contributed by atoms with E-state index in [1.54, 1.807) is 12.1 Å². The van der Waals surface area contributed by atoms with Crippen molar-refractivity contribution in [1.82, 2.24) is 4.90 Å². The van der Waals surface area contributed by atoms with E-state index >= 15 is 0 Å². The van der Waals surface area contributed by atoms with E-state index < -0.39 is 12.0 Å². The lowest BCUT2D eigenvalue weighted by molar-refractivity contribution is -0.153. The van der Waals surface area contributed by atoms with Gasteiger partial charge in [-0.25, -0.2) is 4.79 Å². The summed E-state index contributed by atoms with van der Waals surface area (Å²) >= 11 is 0. The maximum atomic E-state index is 13.6. The van der Waals surface area contributed by atoms with E-state index in [1.165, 1.54) is 17.0 Å². The Balaban J connectivity index is 1.32. The van der Waals surface area contributed by atoms with Gasteiger partial charge in [-0.15, -0.1) is 0 Å². The van der Waals surface area contributed by atoms with Gasteiger partial charge in [0, 0.05) is 12.0 Å². The Morgan fingerprint density at radius 3 is 2.12 bits per heavy atom. The fraction of sp³-hybridized carbons (Fsp3) is 0.333. The molecule has 2 saturated carbocycles. The van der Waals surface area contributed by atoms with Crippen LogP contribution >= 0.6 is 0 Å². The molecule has 0 unspecified atom stereocenters. The molecular weight excluding hydrogens is 418 g/mol. The highest BCUT2D eigenvalue weighted by Gasteiger charge is 2.68. The quantitative estimate of drug-likeness (QED) is 0.226. The molecule has 2 aromatic rings. The van der Waals surface area contributed by atoms with Gasteiger partial charge in [-0.2, -0.15) is 0 Å². The van der Waals surface area contributed by atoms with Gasteiger partial charge in [0.1, 0.15) is 18.1 Å². The molecule has 1 saturated heterocycles. The molecule has 0 N–H and O–H groups in total. The summed E-state index contributed by atoms with van der Waals surface area (Å²) in [5, 5.41) is 0. The maximum absolute atomic E-state index is 13.6. The van der Waals surface area contributed by atoms with E-state index in [0.717, 1.165) is 12.0 Å². The van der Waals surface area contributed by atoms with E-state index in [2.05, 4.69) is 12.2 Å². The molecule has 6 heteroatoms. The van der Waals surface area contributed by atoms with Crippen molar-refractivity contribution in [2.45, 2.75) is 18.9 Å². The molecule has 7 rings (SSSR count). The highest BCUT2D eigenvalue weighted by molar-refractivity contribution is 6.09. The summed E-state index contributed by atoms with van der Waals surface area (Å²) in [4.78, 5) is 52.7. The number of aldehydes is 1. The molecule has 166 valence electrons. The lowest BCUT2D eigenvalue weighted by Crippen LogP contribution is -2.48. The van der Waals surface area contributed by atoms with Crippen molar-refractivity contribution >= 4 is 24.1 Å². The van der Waals surface area contributed by atoms with Crippen LogP contribution in [0.2, 0.25) is 0 Å². The van der Waals surface area contributed by atoms with Gasteiger partial charge in [0.2, 0.25) is 11.8 Å². The Labute approximate surface area is 191 Å². The van der Waals surface area contributed by atoms with E-state index in [4.69, 9.17) is 4.74 Å². The van der Waals surface area contributed by atoms with Crippen LogP contribution in [0.25, 0.3) is 0 Å². The minimum absolute atomic E-state index is 0.0933. The number of allylic oxidation sites excluding steroid dienone is 2. The number of amides is 2. The number of ether oxygens (including phenoxy) is 1. The third-order valence-electron chi connectivity index (χ3n) is 7.79. The Kier molecular flexibility index (Phi) is 4.57. The summed E-state index contributed by atoms with van der Waals surface area (Å²) in [5.74, 6) is -0.433. The van der Waals surface area contributed by atoms with E-state index in [1.807, 2.05) is 30.3 Å². The highest BCUT2D eigenvalue weighted by Crippen LogP contribution is 2.65. The molecule has 2 amide bonds. The fourth-order valence-electron chi connectivity index (χ4n) is 6.20. The average molecular weight is 441 g/mol. The second kappa shape index (κ2) is 7.51. The molecule has 2 aromatic carbocycles. The van der Waals surface area contributed by atoms with Gasteiger partial charge in [0.05, 0.1) is 11.8 Å². The van der Waals surface area contributed by atoms with Crippen LogP contribution in [0.4, 0.5) is 0 Å². The minimum Gasteiger partial charge on any atom is -0.425 e. The van der Waals surface area contributed by atoms with Crippen molar-refractivity contribution in [2.24, 2.45) is 35.5 Å². The topological polar surface area (TPSA) is 80.8 Å². The van der Waals surface area contributed by atoms with Crippen molar-refractivity contribution in [3.8, 4) is 5.75 Å². The number of likely N-dealkylation sites (tertiary alicyclic amines) is 1. The van der Waals surface area contributed by atoms with Gasteiger partial charge in [0.25, 0.3) is 0 Å². The second-order valence-electron chi connectivity index (χ2n) is 9.51. The first-order valence-electron chi connectivity index (χ1n) is 11.4. The van der Waals surface area contributed by atoms with Crippen molar-refractivity contribution in [1.29, 1.82) is 0 Å². The molecule has 5 aliphatic rings. The fourth-order valence-corrected chi connectivity index (χ4v) is 6.20. The molecule has 1 aliphatic heterocycles. The van der Waals surface area contributed by atoms with Crippen molar-refractivity contribution in [3.05, 3.63) is 77.9 Å². The molecule has 6 nitrogen and oxygen atoms in total. The second-order valence-corrected chi connectivity index (χ2v) is 9.51. The summed E-state index contributed by atoms with van der Waals surface area (Å²) in [5.41, 5.74) is 1.31. The molecule has 0 spiro atoms. The van der Waals surface area contributed by atoms with Gasteiger partial charge < -0.3 is 4.74 Å². The zero-order chi connectivity index (χ0) is 22.7. The molecule has 7 atom stereocenters. The first-order chi connectivity index (χ1) is 16.1. The molecule has 0 radical (unpaired) electrons. The molecule has 2 bridgehead atoms. The number of hydrogen-bond acceptors (Lipinski definition) is 5. The van der Waals surface area contributed by atoms with Crippen LogP contribution in [-0.4, -0.2) is 35.0 Å². The van der Waals surface area contributed by atoms with Crippen molar-refractivity contribution < 1.29 is 23.9 Å². The first kappa shape index (κ1) is 20.1. The summed E-state index contributed by atoms with van der Waals surface area (Å²) in [6.07, 6.45) is 6.22. The summed E-state index contributed by atoms with van der Waals surface area (Å²) < 4.78 is 5.59. The molecule has 3 fully saturated rings. The SMILES string of the molecule is O=Cc1ccc(OC(=O)[C@H](Cc2ccccc2)N2C(=O)[C@@H]3[C@@H]4C=C[C@H]([C@H]5C[C@H]45)[C@@H]3C2=O)cc1. The monoisotopic (exact) mass is 441 g/mol. The third kappa shape index (κ3) is 3.16. The first-order valence-corrected chi connectivity index (χ1v) is 11.4. The highest BCUT2D eigenvalue weighted by atomic mass is 16.5. The van der Waals surface area contributed by atoms with E-state index in [-0.39, 0.29) is 47.7 Å². The van der Waals surface area contributed by atoms with Crippen molar-refractivity contribution in [2.75, 3.05) is 0 Å². The van der Waals surface area contributed by atoms with Crippen LogP contribution in [0, 0.1) is 35.5 Å². The Morgan fingerprint density at radius 2 is 1.55 bits per heavy atom. The van der Waals surface area contributed by atoms with Crippen LogP contribution in [0.1, 0.15) is 22.3 Å². The Hall–Kier alpha value is -3.54. The van der Waals surface area contributed by atoms with E-state index in [9.17, 15) is 19.2 Å². The van der Waals surface area contributed by atoms with Gasteiger partial charge in [-0.3, -0.25) is 19.3 Å². The number of benzene rings is 2. The predicted molar refractivity (Wildman–Crippen MR) is 118 cm³/mol. The van der Waals surface area contributed by atoms with Crippen LogP contribution in [-0.2, 0) is 20.8 Å². The normalized spacial score (nSPS) is 31.7. The molecular formula is C27H23NO5. The average Bonchev–Trinajstić information content (AvgIpc) is 3.62. The van der Waals surface area contributed by atoms with Gasteiger partial charge in [0.15, 0.2) is 0 Å². The minimum atomic E-state index is -1.04. The lowest BCUT2D eigenvalue weighted by Gasteiger charge is -2.37. The number of rotatable bonds is 6. The van der Waals surface area contributed by atoms with Gasteiger partial charge in [-0.1, -0.05) is 42.5 Å². The third-order valence-corrected chi connectivity index (χ3v) is 7.79. The summed E-state index contributed by atoms with van der Waals surface area (Å²) in [6.45, 7) is 0. The molecule has 4 aliphatic carbocycles. The largest absolute Gasteiger partial charge is 0.425 e. The number of imide groups is 1. The maximum Gasteiger partial charge on any atom is 0.335 e. The Morgan fingerprint density at radius 1 is 0.939 bits per heavy atom. The molecule has 0 aromatic heterocycles. The number of esters is 1. The number of carbonyl (C=O) groups is 4. The predicted octanol–water partition coefficient (Wildman–Crippen LogP) is 3.07. The smallest absolute Gasteiger partial charge is 0.335 e. The zero-order valence-electron chi connectivity index (χ0n) is 17.9. The van der Waals surface area contributed by atoms with Crippen LogP contribution < -0.4 is 4.74 Å². The van der Waals surface area contributed by atoms with Crippen LogP contribution in [0.3, 0.4) is 0 Å². The van der Waals surface area contributed by atoms with Gasteiger partial charge >= 0.3 is 5.97 Å². The molecule has 33 heavy (non-hydrogen) atoms. The lowest BCUT2D eigenvalue weighted by atomic mass is 9.63.